The molecule has 9 heteroatoms. The van der Waals surface area contributed by atoms with E-state index in [1.165, 1.54) is 29.3 Å². The summed E-state index contributed by atoms with van der Waals surface area (Å²) in [4.78, 5) is 16.9. The smallest absolute Gasteiger partial charge is 0.324 e. The first-order valence-corrected chi connectivity index (χ1v) is 11.6. The molecule has 0 N–H and O–H groups in total. The van der Waals surface area contributed by atoms with Crippen molar-refractivity contribution in [2.24, 2.45) is 0 Å². The molecule has 0 spiro atoms. The highest BCUT2D eigenvalue weighted by atomic mass is 19.3. The predicted molar refractivity (Wildman–Crippen MR) is 120 cm³/mol. The minimum Gasteiger partial charge on any atom is -0.415 e. The van der Waals surface area contributed by atoms with Crippen molar-refractivity contribution in [3.63, 3.8) is 0 Å². The lowest BCUT2D eigenvalue weighted by molar-refractivity contribution is 0.116. The Balaban J connectivity index is 1.44. The van der Waals surface area contributed by atoms with Crippen molar-refractivity contribution in [2.45, 2.75) is 51.5 Å². The van der Waals surface area contributed by atoms with Crippen LogP contribution in [0.1, 0.15) is 54.7 Å². The van der Waals surface area contributed by atoms with Crippen molar-refractivity contribution in [1.82, 2.24) is 15.1 Å². The zero-order valence-corrected chi connectivity index (χ0v) is 18.6. The summed E-state index contributed by atoms with van der Waals surface area (Å²) in [6, 6.07) is 10.1. The number of alkyl halides is 2. The molecular formula is C25H25F3N4O2. The lowest BCUT2D eigenvalue weighted by Gasteiger charge is -2.33. The average molecular weight is 470 g/mol. The van der Waals surface area contributed by atoms with Crippen molar-refractivity contribution in [1.29, 1.82) is 0 Å². The first kappa shape index (κ1) is 22.4. The van der Waals surface area contributed by atoms with Gasteiger partial charge in [0.05, 0.1) is 6.54 Å². The molecule has 1 saturated heterocycles. The van der Waals surface area contributed by atoms with Gasteiger partial charge in [-0.1, -0.05) is 12.1 Å². The van der Waals surface area contributed by atoms with Gasteiger partial charge in [-0.3, -0.25) is 4.90 Å². The van der Waals surface area contributed by atoms with Crippen molar-refractivity contribution in [2.75, 3.05) is 18.0 Å². The van der Waals surface area contributed by atoms with E-state index >= 15 is 4.39 Å². The molecule has 178 valence electrons. The number of urea groups is 1. The number of carbonyl (C=O) groups is 1. The zero-order valence-electron chi connectivity index (χ0n) is 18.6. The Morgan fingerprint density at radius 3 is 2.53 bits per heavy atom. The Bertz CT molecular complexity index is 1190. The number of likely N-dealkylation sites (tertiary alicyclic amines) is 1. The van der Waals surface area contributed by atoms with Crippen LogP contribution in [0.15, 0.2) is 40.8 Å². The Kier molecular flexibility index (Phi) is 6.26. The van der Waals surface area contributed by atoms with Crippen LogP contribution in [0, 0.1) is 5.82 Å². The van der Waals surface area contributed by atoms with Crippen LogP contribution in [0.4, 0.5) is 23.7 Å². The number of amides is 2. The van der Waals surface area contributed by atoms with E-state index in [9.17, 15) is 13.6 Å². The molecule has 0 atom stereocenters. The molecule has 0 saturated carbocycles. The minimum atomic E-state index is -2.90. The van der Waals surface area contributed by atoms with E-state index in [2.05, 4.69) is 16.3 Å². The summed E-state index contributed by atoms with van der Waals surface area (Å²) in [7, 11) is 0. The quantitative estimate of drug-likeness (QED) is 0.465. The summed E-state index contributed by atoms with van der Waals surface area (Å²) >= 11 is 0. The van der Waals surface area contributed by atoms with E-state index in [1.807, 2.05) is 17.0 Å². The molecule has 2 aromatic carbocycles. The average Bonchev–Trinajstić information content (AvgIpc) is 3.53. The van der Waals surface area contributed by atoms with Gasteiger partial charge in [-0.2, -0.15) is 8.78 Å². The number of carbonyl (C=O) groups excluding carboxylic acids is 1. The third-order valence-corrected chi connectivity index (χ3v) is 6.51. The summed E-state index contributed by atoms with van der Waals surface area (Å²) in [6.07, 6.45) is 3.22. The maximum absolute atomic E-state index is 15.1. The highest BCUT2D eigenvalue weighted by molar-refractivity contribution is 5.92. The van der Waals surface area contributed by atoms with Gasteiger partial charge in [0.1, 0.15) is 5.82 Å². The molecule has 1 aromatic heterocycles. The largest absolute Gasteiger partial charge is 0.415 e. The molecule has 0 radical (unpaired) electrons. The van der Waals surface area contributed by atoms with Crippen LogP contribution in [-0.4, -0.2) is 34.2 Å². The van der Waals surface area contributed by atoms with Gasteiger partial charge < -0.3 is 9.32 Å². The molecule has 5 rings (SSSR count). The number of aromatic nitrogens is 2. The lowest BCUT2D eigenvalue weighted by Crippen LogP contribution is -2.45. The Hall–Kier alpha value is -3.36. The van der Waals surface area contributed by atoms with Gasteiger partial charge >= 0.3 is 12.5 Å². The van der Waals surface area contributed by atoms with Crippen LogP contribution in [0.5, 0.6) is 0 Å². The minimum absolute atomic E-state index is 0.0480. The Morgan fingerprint density at radius 2 is 1.79 bits per heavy atom. The maximum Gasteiger partial charge on any atom is 0.324 e. The monoisotopic (exact) mass is 470 g/mol. The highest BCUT2D eigenvalue weighted by Crippen LogP contribution is 2.30. The van der Waals surface area contributed by atoms with Gasteiger partial charge in [-0.25, -0.2) is 9.18 Å². The SMILES string of the molecule is O=C(N1CCCCC1)N(Cc1ccc(-c2nnc(C(F)F)o2)cc1F)c1ccc2c(c1)CCC2. The number of piperidine rings is 1. The summed E-state index contributed by atoms with van der Waals surface area (Å²) in [6.45, 7) is 1.42. The molecule has 1 aliphatic carbocycles. The van der Waals surface area contributed by atoms with Gasteiger partial charge in [0.25, 0.3) is 5.89 Å². The predicted octanol–water partition coefficient (Wildman–Crippen LogP) is 5.91. The van der Waals surface area contributed by atoms with Crippen molar-refractivity contribution in [3.05, 3.63) is 64.8 Å². The number of benzene rings is 2. The number of anilines is 1. The Morgan fingerprint density at radius 1 is 1.00 bits per heavy atom. The molecule has 1 aliphatic heterocycles. The number of halogens is 3. The van der Waals surface area contributed by atoms with Crippen LogP contribution in [-0.2, 0) is 19.4 Å². The second kappa shape index (κ2) is 9.48. The standard InChI is InChI=1S/C25H25F3N4O2/c26-21-14-18(23-29-30-24(34-23)22(27)28)7-8-19(21)15-32(25(33)31-11-2-1-3-12-31)20-10-9-16-5-4-6-17(16)13-20/h7-10,13-14,22H,1-6,11-12,15H2. The van der Waals surface area contributed by atoms with E-state index in [4.69, 9.17) is 4.42 Å². The van der Waals surface area contributed by atoms with Crippen LogP contribution in [0.25, 0.3) is 11.5 Å². The summed E-state index contributed by atoms with van der Waals surface area (Å²) in [5.41, 5.74) is 3.79. The molecule has 0 bridgehead atoms. The van der Waals surface area contributed by atoms with E-state index < -0.39 is 18.1 Å². The highest BCUT2D eigenvalue weighted by Gasteiger charge is 2.26. The number of hydrogen-bond acceptors (Lipinski definition) is 4. The van der Waals surface area contributed by atoms with Gasteiger partial charge in [0.2, 0.25) is 5.89 Å². The molecule has 2 amide bonds. The van der Waals surface area contributed by atoms with Crippen LogP contribution < -0.4 is 4.90 Å². The van der Waals surface area contributed by atoms with E-state index in [0.29, 0.717) is 18.7 Å². The van der Waals surface area contributed by atoms with Gasteiger partial charge in [0, 0.05) is 29.9 Å². The van der Waals surface area contributed by atoms with Crippen LogP contribution in [0.2, 0.25) is 0 Å². The fourth-order valence-corrected chi connectivity index (χ4v) is 4.67. The first-order valence-electron chi connectivity index (χ1n) is 11.6. The molecular weight excluding hydrogens is 445 g/mol. The fraction of sp³-hybridized carbons (Fsp3) is 0.400. The molecule has 34 heavy (non-hydrogen) atoms. The van der Waals surface area contributed by atoms with Crippen molar-refractivity contribution >= 4 is 11.7 Å². The van der Waals surface area contributed by atoms with Gasteiger partial charge in [-0.15, -0.1) is 10.2 Å². The fourth-order valence-electron chi connectivity index (χ4n) is 4.67. The van der Waals surface area contributed by atoms with E-state index in [1.54, 1.807) is 4.90 Å². The summed E-state index contributed by atoms with van der Waals surface area (Å²) < 4.78 is 45.5. The lowest BCUT2D eigenvalue weighted by atomic mass is 10.1. The summed E-state index contributed by atoms with van der Waals surface area (Å²) in [5.74, 6) is -1.57. The van der Waals surface area contributed by atoms with E-state index in [0.717, 1.165) is 44.2 Å². The third kappa shape index (κ3) is 4.51. The van der Waals surface area contributed by atoms with Crippen LogP contribution in [0.3, 0.4) is 0 Å². The number of nitrogens with zero attached hydrogens (tertiary/aromatic N) is 4. The normalized spacial score (nSPS) is 15.6. The second-order valence-electron chi connectivity index (χ2n) is 8.78. The third-order valence-electron chi connectivity index (χ3n) is 6.51. The van der Waals surface area contributed by atoms with Gasteiger partial charge in [0.15, 0.2) is 0 Å². The van der Waals surface area contributed by atoms with Crippen LogP contribution >= 0.6 is 0 Å². The molecule has 0 unspecified atom stereocenters. The first-order chi connectivity index (χ1) is 16.5. The maximum atomic E-state index is 15.1. The van der Waals surface area contributed by atoms with Crippen molar-refractivity contribution < 1.29 is 22.4 Å². The molecule has 1 fully saturated rings. The number of hydrogen-bond donors (Lipinski definition) is 0. The van der Waals surface area contributed by atoms with Crippen molar-refractivity contribution in [3.8, 4) is 11.5 Å². The number of aryl methyl sites for hydroxylation is 2. The second-order valence-corrected chi connectivity index (χ2v) is 8.78. The summed E-state index contributed by atoms with van der Waals surface area (Å²) in [5, 5.41) is 6.86. The Labute approximate surface area is 195 Å². The van der Waals surface area contributed by atoms with E-state index in [-0.39, 0.29) is 24.0 Å². The number of fused-ring (bicyclic) bond motifs is 1. The topological polar surface area (TPSA) is 62.5 Å². The molecule has 3 aromatic rings. The zero-order chi connectivity index (χ0) is 23.7. The number of rotatable bonds is 5. The molecule has 6 nitrogen and oxygen atoms in total. The van der Waals surface area contributed by atoms with Gasteiger partial charge in [-0.05, 0) is 73.9 Å². The molecule has 2 aliphatic rings. The molecule has 2 heterocycles.